The van der Waals surface area contributed by atoms with Gasteiger partial charge in [0.2, 0.25) is 0 Å². The Balaban J connectivity index is 1.44. The van der Waals surface area contributed by atoms with Crippen molar-refractivity contribution < 1.29 is 5.11 Å². The van der Waals surface area contributed by atoms with Crippen LogP contribution in [0.2, 0.25) is 0 Å². The third-order valence-corrected chi connectivity index (χ3v) is 4.30. The molecule has 0 aromatic carbocycles. The molecule has 1 aliphatic carbocycles. The molecule has 0 amide bonds. The molecule has 1 aliphatic rings. The summed E-state index contributed by atoms with van der Waals surface area (Å²) < 4.78 is 0. The van der Waals surface area contributed by atoms with Crippen LogP contribution >= 0.6 is 0 Å². The predicted octanol–water partition coefficient (Wildman–Crippen LogP) is 1.82. The first-order valence-electron chi connectivity index (χ1n) is 8.26. The van der Waals surface area contributed by atoms with Gasteiger partial charge in [-0.3, -0.25) is 10.1 Å². The lowest BCUT2D eigenvalue weighted by Gasteiger charge is -2.31. The van der Waals surface area contributed by atoms with E-state index in [1.165, 1.54) is 0 Å². The zero-order valence-corrected chi connectivity index (χ0v) is 13.8. The molecule has 0 saturated heterocycles. The Morgan fingerprint density at radius 2 is 2.00 bits per heavy atom. The average Bonchev–Trinajstić information content (AvgIpc) is 3.06. The van der Waals surface area contributed by atoms with Crippen molar-refractivity contribution in [2.45, 2.75) is 38.3 Å². The van der Waals surface area contributed by atoms with Gasteiger partial charge in [-0.05, 0) is 31.9 Å². The van der Waals surface area contributed by atoms with Gasteiger partial charge in [0, 0.05) is 35.6 Å². The molecule has 25 heavy (non-hydrogen) atoms. The van der Waals surface area contributed by atoms with E-state index in [9.17, 15) is 5.11 Å². The number of anilines is 1. The summed E-state index contributed by atoms with van der Waals surface area (Å²) in [5.41, 5.74) is 1.90. The predicted molar refractivity (Wildman–Crippen MR) is 91.7 cm³/mol. The molecule has 3 aromatic rings. The molecular weight excluding hydrogens is 318 g/mol. The van der Waals surface area contributed by atoms with Crippen molar-refractivity contribution in [1.29, 1.82) is 0 Å². The Kier molecular flexibility index (Phi) is 4.10. The van der Waals surface area contributed by atoms with Gasteiger partial charge in [-0.1, -0.05) is 0 Å². The molecule has 0 atom stereocenters. The number of H-pyrrole nitrogens is 1. The third-order valence-electron chi connectivity index (χ3n) is 4.30. The topological polar surface area (TPSA) is 112 Å². The van der Waals surface area contributed by atoms with Crippen LogP contribution in [-0.2, 0) is 6.54 Å². The second kappa shape index (κ2) is 6.56. The zero-order valence-electron chi connectivity index (χ0n) is 13.8. The van der Waals surface area contributed by atoms with E-state index in [2.05, 4.69) is 35.5 Å². The summed E-state index contributed by atoms with van der Waals surface area (Å²) in [7, 11) is 0. The maximum atomic E-state index is 9.48. The zero-order chi connectivity index (χ0) is 17.2. The first-order chi connectivity index (χ1) is 12.2. The second-order valence-electron chi connectivity index (χ2n) is 6.24. The van der Waals surface area contributed by atoms with E-state index in [1.807, 2.05) is 25.1 Å². The Bertz CT molecular complexity index is 858. The number of nitrogens with zero attached hydrogens (tertiary/aromatic N) is 5. The first-order valence-corrected chi connectivity index (χ1v) is 8.26. The quantitative estimate of drug-likeness (QED) is 0.651. The Hall–Kier alpha value is -2.87. The maximum absolute atomic E-state index is 9.48. The van der Waals surface area contributed by atoms with E-state index in [1.54, 1.807) is 12.4 Å². The summed E-state index contributed by atoms with van der Waals surface area (Å²) in [4.78, 5) is 17.4. The minimum Gasteiger partial charge on any atom is -0.393 e. The molecule has 0 unspecified atom stereocenters. The van der Waals surface area contributed by atoms with Crippen LogP contribution in [0.4, 0.5) is 5.82 Å². The number of aliphatic hydroxyl groups is 1. The van der Waals surface area contributed by atoms with Crippen molar-refractivity contribution >= 4 is 5.82 Å². The number of aromatic nitrogens is 6. The number of hydrogen-bond donors (Lipinski definition) is 3. The largest absolute Gasteiger partial charge is 0.393 e. The lowest BCUT2D eigenvalue weighted by Crippen LogP contribution is -2.27. The number of aromatic amines is 1. The van der Waals surface area contributed by atoms with Crippen molar-refractivity contribution in [2.24, 2.45) is 0 Å². The molecule has 3 aromatic heterocycles. The standard InChI is InChI=1S/C17H19N7O/c1-10-20-14(12-6-13(25)7-12)8-15(21-10)19-9-16-22-17(24-23-16)11-2-4-18-5-3-11/h2-5,8,12-13,25H,6-7,9H2,1H3,(H,19,20,21)(H,22,23,24). The van der Waals surface area contributed by atoms with Crippen molar-refractivity contribution in [1.82, 2.24) is 30.1 Å². The molecule has 0 radical (unpaired) electrons. The molecule has 0 bridgehead atoms. The summed E-state index contributed by atoms with van der Waals surface area (Å²) in [5, 5.41) is 19.9. The number of pyridine rings is 1. The van der Waals surface area contributed by atoms with Gasteiger partial charge in [0.25, 0.3) is 0 Å². The molecule has 8 heteroatoms. The number of hydrogen-bond acceptors (Lipinski definition) is 7. The highest BCUT2D eigenvalue weighted by molar-refractivity contribution is 5.53. The van der Waals surface area contributed by atoms with Gasteiger partial charge in [-0.2, -0.15) is 5.10 Å². The fraction of sp³-hybridized carbons (Fsp3) is 0.353. The molecule has 4 rings (SSSR count). The second-order valence-corrected chi connectivity index (χ2v) is 6.24. The van der Waals surface area contributed by atoms with E-state index in [0.717, 1.165) is 41.6 Å². The van der Waals surface area contributed by atoms with E-state index in [-0.39, 0.29) is 6.10 Å². The fourth-order valence-corrected chi connectivity index (χ4v) is 2.90. The first kappa shape index (κ1) is 15.6. The number of aliphatic hydroxyl groups excluding tert-OH is 1. The van der Waals surface area contributed by atoms with Gasteiger partial charge in [-0.25, -0.2) is 15.0 Å². The molecule has 1 fully saturated rings. The Morgan fingerprint density at radius 1 is 1.20 bits per heavy atom. The van der Waals surface area contributed by atoms with Gasteiger partial charge in [0.1, 0.15) is 17.5 Å². The van der Waals surface area contributed by atoms with Crippen molar-refractivity contribution in [3.05, 3.63) is 47.9 Å². The van der Waals surface area contributed by atoms with E-state index >= 15 is 0 Å². The molecule has 8 nitrogen and oxygen atoms in total. The van der Waals surface area contributed by atoms with Gasteiger partial charge < -0.3 is 10.4 Å². The number of aryl methyl sites for hydroxylation is 1. The van der Waals surface area contributed by atoms with Crippen LogP contribution < -0.4 is 5.32 Å². The number of rotatable bonds is 5. The Labute approximate surface area is 144 Å². The van der Waals surface area contributed by atoms with Crippen LogP contribution in [-0.4, -0.2) is 41.3 Å². The average molecular weight is 337 g/mol. The highest BCUT2D eigenvalue weighted by Gasteiger charge is 2.30. The van der Waals surface area contributed by atoms with Crippen molar-refractivity contribution in [3.63, 3.8) is 0 Å². The molecule has 1 saturated carbocycles. The minimum atomic E-state index is -0.197. The van der Waals surface area contributed by atoms with Crippen LogP contribution in [0.3, 0.4) is 0 Å². The number of nitrogens with one attached hydrogen (secondary N) is 2. The van der Waals surface area contributed by atoms with Gasteiger partial charge in [0.15, 0.2) is 5.82 Å². The highest BCUT2D eigenvalue weighted by atomic mass is 16.3. The van der Waals surface area contributed by atoms with Gasteiger partial charge in [-0.15, -0.1) is 0 Å². The van der Waals surface area contributed by atoms with E-state index in [0.29, 0.717) is 18.3 Å². The molecule has 3 heterocycles. The van der Waals surface area contributed by atoms with Crippen LogP contribution in [0.5, 0.6) is 0 Å². The Morgan fingerprint density at radius 3 is 2.76 bits per heavy atom. The van der Waals surface area contributed by atoms with Crippen molar-refractivity contribution in [2.75, 3.05) is 5.32 Å². The van der Waals surface area contributed by atoms with Crippen molar-refractivity contribution in [3.8, 4) is 11.4 Å². The van der Waals surface area contributed by atoms with Crippen LogP contribution in [0.1, 0.15) is 36.1 Å². The molecular formula is C17H19N7O. The molecule has 0 spiro atoms. The lowest BCUT2D eigenvalue weighted by molar-refractivity contribution is 0.0731. The highest BCUT2D eigenvalue weighted by Crippen LogP contribution is 2.36. The molecule has 0 aliphatic heterocycles. The van der Waals surface area contributed by atoms with Gasteiger partial charge in [0.05, 0.1) is 12.6 Å². The van der Waals surface area contributed by atoms with E-state index < -0.39 is 0 Å². The monoisotopic (exact) mass is 337 g/mol. The SMILES string of the molecule is Cc1nc(NCc2nc(-c3ccncc3)n[nH]2)cc(C2CC(O)C2)n1. The summed E-state index contributed by atoms with van der Waals surface area (Å²) >= 11 is 0. The summed E-state index contributed by atoms with van der Waals surface area (Å²) in [6.45, 7) is 2.36. The summed E-state index contributed by atoms with van der Waals surface area (Å²) in [6.07, 6.45) is 4.77. The van der Waals surface area contributed by atoms with Crippen LogP contribution in [0.15, 0.2) is 30.6 Å². The smallest absolute Gasteiger partial charge is 0.181 e. The minimum absolute atomic E-state index is 0.197. The summed E-state index contributed by atoms with van der Waals surface area (Å²) in [6, 6.07) is 5.69. The van der Waals surface area contributed by atoms with E-state index in [4.69, 9.17) is 0 Å². The maximum Gasteiger partial charge on any atom is 0.181 e. The van der Waals surface area contributed by atoms with Crippen LogP contribution in [0, 0.1) is 6.92 Å². The summed E-state index contributed by atoms with van der Waals surface area (Å²) in [5.74, 6) is 3.16. The normalized spacial score (nSPS) is 19.4. The molecule has 128 valence electrons. The van der Waals surface area contributed by atoms with Crippen LogP contribution in [0.25, 0.3) is 11.4 Å². The van der Waals surface area contributed by atoms with Gasteiger partial charge >= 0.3 is 0 Å². The fourth-order valence-electron chi connectivity index (χ4n) is 2.90. The lowest BCUT2D eigenvalue weighted by atomic mass is 9.80. The third kappa shape index (κ3) is 3.48. The molecule has 3 N–H and O–H groups in total.